The zero-order valence-electron chi connectivity index (χ0n) is 15.6. The molecule has 2 aliphatic rings. The first kappa shape index (κ1) is 17.6. The Balaban J connectivity index is 1.34. The first-order valence-electron chi connectivity index (χ1n) is 9.71. The summed E-state index contributed by atoms with van der Waals surface area (Å²) >= 11 is 6.10. The summed E-state index contributed by atoms with van der Waals surface area (Å²) in [6.07, 6.45) is 3.67. The lowest BCUT2D eigenvalue weighted by molar-refractivity contribution is 0.0692. The van der Waals surface area contributed by atoms with E-state index in [0.29, 0.717) is 59.3 Å². The summed E-state index contributed by atoms with van der Waals surface area (Å²) < 4.78 is 12.8. The number of aromatic nitrogens is 1. The van der Waals surface area contributed by atoms with Gasteiger partial charge in [0.05, 0.1) is 11.1 Å². The maximum atomic E-state index is 13.0. The first-order chi connectivity index (χ1) is 13.5. The van der Waals surface area contributed by atoms with Gasteiger partial charge in [-0.3, -0.25) is 9.36 Å². The second-order valence-electron chi connectivity index (χ2n) is 7.77. The lowest BCUT2D eigenvalue weighted by atomic mass is 10.0. The summed E-state index contributed by atoms with van der Waals surface area (Å²) in [5.74, 6) is 1.75. The van der Waals surface area contributed by atoms with Gasteiger partial charge in [0.25, 0.3) is 5.91 Å². The number of piperidine rings is 1. The molecule has 1 aliphatic carbocycles. The van der Waals surface area contributed by atoms with Crippen LogP contribution in [0.3, 0.4) is 0 Å². The Hall–Kier alpha value is -2.47. The molecule has 1 aliphatic heterocycles. The van der Waals surface area contributed by atoms with Gasteiger partial charge in [-0.2, -0.15) is 0 Å². The molecule has 3 heterocycles. The van der Waals surface area contributed by atoms with E-state index >= 15 is 0 Å². The van der Waals surface area contributed by atoms with Crippen molar-refractivity contribution in [3.63, 3.8) is 0 Å². The van der Waals surface area contributed by atoms with Crippen molar-refractivity contribution in [2.75, 3.05) is 13.1 Å². The van der Waals surface area contributed by atoms with Crippen LogP contribution in [0.25, 0.3) is 11.1 Å². The fourth-order valence-corrected chi connectivity index (χ4v) is 4.30. The van der Waals surface area contributed by atoms with Gasteiger partial charge in [0, 0.05) is 30.1 Å². The van der Waals surface area contributed by atoms with Crippen LogP contribution in [0.15, 0.2) is 37.9 Å². The third kappa shape index (κ3) is 2.96. The van der Waals surface area contributed by atoms with E-state index in [1.165, 1.54) is 0 Å². The lowest BCUT2D eigenvalue weighted by Gasteiger charge is -2.32. The molecular formula is C21H21ClN2O4. The van der Waals surface area contributed by atoms with Crippen LogP contribution in [0.2, 0.25) is 5.02 Å². The van der Waals surface area contributed by atoms with E-state index in [1.807, 2.05) is 17.9 Å². The predicted octanol–water partition coefficient (Wildman–Crippen LogP) is 4.50. The van der Waals surface area contributed by atoms with Gasteiger partial charge in [-0.1, -0.05) is 11.6 Å². The third-order valence-electron chi connectivity index (χ3n) is 5.84. The maximum absolute atomic E-state index is 13.0. The summed E-state index contributed by atoms with van der Waals surface area (Å²) in [5.41, 5.74) is 1.91. The quantitative estimate of drug-likeness (QED) is 0.648. The van der Waals surface area contributed by atoms with Gasteiger partial charge in [-0.05, 0) is 56.9 Å². The Morgan fingerprint density at radius 1 is 1.11 bits per heavy atom. The molecule has 1 amide bonds. The number of oxazole rings is 1. The average Bonchev–Trinajstić information content (AvgIpc) is 3.39. The zero-order valence-corrected chi connectivity index (χ0v) is 16.4. The SMILES string of the molecule is Cc1oc(C2CC2)cc1C(=O)N1CCC(n2c(=O)oc3ccc(Cl)cc32)CC1. The Morgan fingerprint density at radius 3 is 2.57 bits per heavy atom. The molecule has 2 aromatic heterocycles. The maximum Gasteiger partial charge on any atom is 0.420 e. The van der Waals surface area contributed by atoms with Gasteiger partial charge in [-0.15, -0.1) is 0 Å². The Morgan fingerprint density at radius 2 is 1.86 bits per heavy atom. The third-order valence-corrected chi connectivity index (χ3v) is 6.07. The van der Waals surface area contributed by atoms with Crippen LogP contribution >= 0.6 is 11.6 Å². The minimum atomic E-state index is -0.373. The molecule has 5 rings (SSSR count). The molecule has 3 aromatic rings. The summed E-state index contributed by atoms with van der Waals surface area (Å²) in [6, 6.07) is 7.09. The Bertz CT molecular complexity index is 1110. The number of rotatable bonds is 3. The molecule has 0 atom stereocenters. The highest BCUT2D eigenvalue weighted by Crippen LogP contribution is 2.41. The van der Waals surface area contributed by atoms with Crippen molar-refractivity contribution in [3.8, 4) is 0 Å². The molecule has 1 aromatic carbocycles. The fraction of sp³-hybridized carbons (Fsp3) is 0.429. The number of carbonyl (C=O) groups is 1. The normalized spacial score (nSPS) is 18.1. The highest BCUT2D eigenvalue weighted by Gasteiger charge is 2.32. The molecule has 6 nitrogen and oxygen atoms in total. The van der Waals surface area contributed by atoms with E-state index < -0.39 is 0 Å². The number of amides is 1. The molecule has 1 saturated heterocycles. The monoisotopic (exact) mass is 400 g/mol. The molecule has 28 heavy (non-hydrogen) atoms. The number of halogens is 1. The number of carbonyl (C=O) groups excluding carboxylic acids is 1. The molecular weight excluding hydrogens is 380 g/mol. The first-order valence-corrected chi connectivity index (χ1v) is 10.1. The van der Waals surface area contributed by atoms with Crippen molar-refractivity contribution >= 4 is 28.6 Å². The average molecular weight is 401 g/mol. The molecule has 0 radical (unpaired) electrons. The number of furan rings is 1. The largest absolute Gasteiger partial charge is 0.465 e. The van der Waals surface area contributed by atoms with Gasteiger partial charge >= 0.3 is 5.76 Å². The van der Waals surface area contributed by atoms with Crippen LogP contribution in [-0.2, 0) is 0 Å². The van der Waals surface area contributed by atoms with Crippen molar-refractivity contribution in [1.29, 1.82) is 0 Å². The van der Waals surface area contributed by atoms with Crippen molar-refractivity contribution < 1.29 is 13.6 Å². The molecule has 1 saturated carbocycles. The van der Waals surface area contributed by atoms with Crippen molar-refractivity contribution in [3.05, 3.63) is 56.9 Å². The van der Waals surface area contributed by atoms with E-state index in [4.69, 9.17) is 20.4 Å². The van der Waals surface area contributed by atoms with Gasteiger partial charge < -0.3 is 13.7 Å². The summed E-state index contributed by atoms with van der Waals surface area (Å²) in [6.45, 7) is 3.03. The van der Waals surface area contributed by atoms with Gasteiger partial charge in [0.15, 0.2) is 5.58 Å². The van der Waals surface area contributed by atoms with E-state index in [2.05, 4.69) is 0 Å². The van der Waals surface area contributed by atoms with Crippen molar-refractivity contribution in [2.45, 2.75) is 44.6 Å². The van der Waals surface area contributed by atoms with E-state index in [1.54, 1.807) is 22.8 Å². The predicted molar refractivity (Wildman–Crippen MR) is 105 cm³/mol. The van der Waals surface area contributed by atoms with Crippen molar-refractivity contribution in [1.82, 2.24) is 9.47 Å². The van der Waals surface area contributed by atoms with Crippen LogP contribution < -0.4 is 5.76 Å². The number of hydrogen-bond donors (Lipinski definition) is 0. The molecule has 0 bridgehead atoms. The van der Waals surface area contributed by atoms with Gasteiger partial charge in [0.2, 0.25) is 0 Å². The molecule has 2 fully saturated rings. The zero-order chi connectivity index (χ0) is 19.4. The second-order valence-corrected chi connectivity index (χ2v) is 8.20. The fourth-order valence-electron chi connectivity index (χ4n) is 4.14. The highest BCUT2D eigenvalue weighted by atomic mass is 35.5. The highest BCUT2D eigenvalue weighted by molar-refractivity contribution is 6.31. The summed E-state index contributed by atoms with van der Waals surface area (Å²) in [5, 5.41) is 0.566. The van der Waals surface area contributed by atoms with E-state index in [-0.39, 0.29) is 17.7 Å². The van der Waals surface area contributed by atoms with Crippen LogP contribution in [0.1, 0.15) is 59.5 Å². The van der Waals surface area contributed by atoms with Crippen LogP contribution in [0.5, 0.6) is 0 Å². The van der Waals surface area contributed by atoms with E-state index in [0.717, 1.165) is 18.6 Å². The number of nitrogens with zero attached hydrogens (tertiary/aromatic N) is 2. The summed E-state index contributed by atoms with van der Waals surface area (Å²) in [7, 11) is 0. The lowest BCUT2D eigenvalue weighted by Crippen LogP contribution is -2.40. The van der Waals surface area contributed by atoms with Crippen LogP contribution in [-0.4, -0.2) is 28.5 Å². The molecule has 7 heteroatoms. The van der Waals surface area contributed by atoms with Crippen LogP contribution in [0.4, 0.5) is 0 Å². The molecule has 0 N–H and O–H groups in total. The Labute approximate surface area is 166 Å². The van der Waals surface area contributed by atoms with Crippen molar-refractivity contribution in [2.24, 2.45) is 0 Å². The van der Waals surface area contributed by atoms with Gasteiger partial charge in [0.1, 0.15) is 11.5 Å². The minimum absolute atomic E-state index is 0.0104. The Kier molecular flexibility index (Phi) is 4.12. The summed E-state index contributed by atoms with van der Waals surface area (Å²) in [4.78, 5) is 27.2. The smallest absolute Gasteiger partial charge is 0.420 e. The number of benzene rings is 1. The number of fused-ring (bicyclic) bond motifs is 1. The molecule has 146 valence electrons. The van der Waals surface area contributed by atoms with Gasteiger partial charge in [-0.25, -0.2) is 4.79 Å². The molecule has 0 unspecified atom stereocenters. The topological polar surface area (TPSA) is 68.6 Å². The van der Waals surface area contributed by atoms with E-state index in [9.17, 15) is 9.59 Å². The van der Waals surface area contributed by atoms with Crippen LogP contribution in [0, 0.1) is 6.92 Å². The molecule has 0 spiro atoms. The standard InChI is InChI=1S/C21H21ClN2O4/c1-12-16(11-19(27-12)13-2-3-13)20(25)23-8-6-15(7-9-23)24-17-10-14(22)4-5-18(17)28-21(24)26/h4-5,10-11,13,15H,2-3,6-9H2,1H3. The number of hydrogen-bond acceptors (Lipinski definition) is 4. The minimum Gasteiger partial charge on any atom is -0.465 e. The number of likely N-dealkylation sites (tertiary alicyclic amines) is 1. The number of aryl methyl sites for hydroxylation is 1. The second kappa shape index (κ2) is 6.55.